The first-order valence-electron chi connectivity index (χ1n) is 5.31. The molecule has 0 aliphatic rings. The molecule has 17 heavy (non-hydrogen) atoms. The summed E-state index contributed by atoms with van der Waals surface area (Å²) in [4.78, 5) is 21.4. The summed E-state index contributed by atoms with van der Waals surface area (Å²) >= 11 is 3.03. The van der Waals surface area contributed by atoms with Crippen molar-refractivity contribution in [3.8, 4) is 0 Å². The predicted octanol–water partition coefficient (Wildman–Crippen LogP) is 1.52. The second-order valence-corrected chi connectivity index (χ2v) is 4.38. The van der Waals surface area contributed by atoms with Gasteiger partial charge >= 0.3 is 5.69 Å². The van der Waals surface area contributed by atoms with Crippen molar-refractivity contribution in [3.05, 3.63) is 37.2 Å². The van der Waals surface area contributed by atoms with E-state index in [0.29, 0.717) is 6.54 Å². The minimum absolute atomic E-state index is 0.218. The van der Waals surface area contributed by atoms with Crippen LogP contribution in [0.1, 0.15) is 13.3 Å². The van der Waals surface area contributed by atoms with E-state index in [0.717, 1.165) is 19.5 Å². The quantitative estimate of drug-likeness (QED) is 0.491. The molecular formula is C10H14BrN3O3. The van der Waals surface area contributed by atoms with Gasteiger partial charge in [0.25, 0.3) is 5.43 Å². The molecule has 6 nitrogen and oxygen atoms in total. The Kier molecular flexibility index (Phi) is 5.30. The van der Waals surface area contributed by atoms with Gasteiger partial charge in [-0.15, -0.1) is 0 Å². The first kappa shape index (κ1) is 13.9. The molecule has 0 fully saturated rings. The predicted molar refractivity (Wildman–Crippen MR) is 68.2 cm³/mol. The van der Waals surface area contributed by atoms with Crippen LogP contribution in [-0.4, -0.2) is 22.6 Å². The summed E-state index contributed by atoms with van der Waals surface area (Å²) in [6, 6.07) is 0. The monoisotopic (exact) mass is 303 g/mol. The summed E-state index contributed by atoms with van der Waals surface area (Å²) in [5.41, 5.74) is -0.985. The summed E-state index contributed by atoms with van der Waals surface area (Å²) < 4.78 is 1.87. The van der Waals surface area contributed by atoms with Crippen molar-refractivity contribution in [1.29, 1.82) is 0 Å². The smallest absolute Gasteiger partial charge is 0.333 e. The lowest BCUT2D eigenvalue weighted by Crippen LogP contribution is -2.17. The molecule has 1 aromatic heterocycles. The van der Waals surface area contributed by atoms with Crippen molar-refractivity contribution in [3.63, 3.8) is 0 Å². The highest BCUT2D eigenvalue weighted by Gasteiger charge is 2.15. The molecule has 0 bridgehead atoms. The molecule has 1 N–H and O–H groups in total. The lowest BCUT2D eigenvalue weighted by atomic mass is 10.3. The number of rotatable bonds is 6. The van der Waals surface area contributed by atoms with E-state index in [1.54, 1.807) is 10.8 Å². The molecule has 0 aliphatic carbocycles. The second kappa shape index (κ2) is 6.51. The lowest BCUT2D eigenvalue weighted by molar-refractivity contribution is -0.386. The summed E-state index contributed by atoms with van der Waals surface area (Å²) in [6.07, 6.45) is 3.70. The summed E-state index contributed by atoms with van der Waals surface area (Å²) in [5, 5.41) is 13.8. The molecule has 0 saturated carbocycles. The number of nitrogens with zero attached hydrogens (tertiary/aromatic N) is 2. The maximum absolute atomic E-state index is 11.4. The van der Waals surface area contributed by atoms with Crippen molar-refractivity contribution >= 4 is 21.6 Å². The van der Waals surface area contributed by atoms with Crippen LogP contribution >= 0.6 is 15.9 Å². The van der Waals surface area contributed by atoms with Gasteiger partial charge in [-0.3, -0.25) is 14.9 Å². The van der Waals surface area contributed by atoms with E-state index in [4.69, 9.17) is 0 Å². The van der Waals surface area contributed by atoms with Crippen molar-refractivity contribution in [2.45, 2.75) is 19.9 Å². The molecule has 0 aliphatic heterocycles. The fraction of sp³-hybridized carbons (Fsp3) is 0.500. The number of hydrogen-bond acceptors (Lipinski definition) is 4. The first-order chi connectivity index (χ1) is 8.06. The largest absolute Gasteiger partial charge is 0.347 e. The van der Waals surface area contributed by atoms with Gasteiger partial charge in [0.05, 0.1) is 15.6 Å². The summed E-state index contributed by atoms with van der Waals surface area (Å²) in [7, 11) is 0. The number of nitro groups is 1. The van der Waals surface area contributed by atoms with Crippen LogP contribution in [0.15, 0.2) is 21.7 Å². The molecule has 0 atom stereocenters. The Hall–Kier alpha value is -1.21. The fourth-order valence-electron chi connectivity index (χ4n) is 1.40. The number of nitrogens with one attached hydrogen (secondary N) is 1. The van der Waals surface area contributed by atoms with Gasteiger partial charge in [-0.05, 0) is 35.4 Å². The molecule has 0 radical (unpaired) electrons. The van der Waals surface area contributed by atoms with E-state index < -0.39 is 16.0 Å². The number of halogens is 1. The van der Waals surface area contributed by atoms with E-state index in [-0.39, 0.29) is 4.47 Å². The molecule has 0 saturated heterocycles. The molecule has 1 rings (SSSR count). The van der Waals surface area contributed by atoms with Crippen LogP contribution in [0.25, 0.3) is 0 Å². The third-order valence-corrected chi connectivity index (χ3v) is 2.80. The van der Waals surface area contributed by atoms with Gasteiger partial charge < -0.3 is 9.88 Å². The van der Waals surface area contributed by atoms with Gasteiger partial charge in [0, 0.05) is 12.7 Å². The second-order valence-electron chi connectivity index (χ2n) is 3.52. The lowest BCUT2D eigenvalue weighted by Gasteiger charge is -2.07. The van der Waals surface area contributed by atoms with Gasteiger partial charge in [0.15, 0.2) is 0 Å². The van der Waals surface area contributed by atoms with E-state index in [2.05, 4.69) is 21.2 Å². The molecule has 0 unspecified atom stereocenters. The van der Waals surface area contributed by atoms with Crippen molar-refractivity contribution in [2.75, 3.05) is 13.1 Å². The van der Waals surface area contributed by atoms with E-state index in [1.165, 1.54) is 6.20 Å². The van der Waals surface area contributed by atoms with Crippen molar-refractivity contribution in [2.24, 2.45) is 0 Å². The van der Waals surface area contributed by atoms with Crippen LogP contribution < -0.4 is 10.7 Å². The van der Waals surface area contributed by atoms with Crippen LogP contribution in [-0.2, 0) is 6.54 Å². The van der Waals surface area contributed by atoms with E-state index >= 15 is 0 Å². The number of hydrogen-bond donors (Lipinski definition) is 1. The zero-order valence-corrected chi connectivity index (χ0v) is 11.1. The fourth-order valence-corrected chi connectivity index (χ4v) is 1.87. The number of aryl methyl sites for hydroxylation is 1. The minimum Gasteiger partial charge on any atom is -0.347 e. The average Bonchev–Trinajstić information content (AvgIpc) is 2.28. The minimum atomic E-state index is -0.659. The molecular weight excluding hydrogens is 290 g/mol. The Morgan fingerprint density at radius 2 is 2.24 bits per heavy atom. The van der Waals surface area contributed by atoms with Gasteiger partial charge in [-0.1, -0.05) is 6.92 Å². The van der Waals surface area contributed by atoms with Gasteiger partial charge in [0.1, 0.15) is 0 Å². The van der Waals surface area contributed by atoms with E-state index in [1.807, 2.05) is 6.92 Å². The van der Waals surface area contributed by atoms with Crippen molar-refractivity contribution < 1.29 is 4.92 Å². The third kappa shape index (κ3) is 3.94. The number of pyridine rings is 1. The zero-order valence-electron chi connectivity index (χ0n) is 9.48. The third-order valence-electron chi connectivity index (χ3n) is 2.23. The Labute approximate surface area is 107 Å². The highest BCUT2D eigenvalue weighted by Crippen LogP contribution is 2.11. The maximum atomic E-state index is 11.4. The van der Waals surface area contributed by atoms with Gasteiger partial charge in [0.2, 0.25) is 0 Å². The molecule has 1 aromatic rings. The Morgan fingerprint density at radius 3 is 2.82 bits per heavy atom. The molecule has 94 valence electrons. The topological polar surface area (TPSA) is 77.2 Å². The van der Waals surface area contributed by atoms with Crippen LogP contribution in [0.5, 0.6) is 0 Å². The average molecular weight is 304 g/mol. The van der Waals surface area contributed by atoms with Gasteiger partial charge in [-0.25, -0.2) is 0 Å². The Balaban J connectivity index is 2.80. The molecule has 7 heteroatoms. The molecule has 1 heterocycles. The Bertz CT molecular complexity index is 459. The van der Waals surface area contributed by atoms with Crippen LogP contribution in [0, 0.1) is 10.1 Å². The molecule has 0 spiro atoms. The SMILES string of the molecule is CCNCCCn1cc(Br)c(=O)c([N+](=O)[O-])c1. The normalized spacial score (nSPS) is 10.5. The highest BCUT2D eigenvalue weighted by atomic mass is 79.9. The Morgan fingerprint density at radius 1 is 1.53 bits per heavy atom. The maximum Gasteiger partial charge on any atom is 0.333 e. The standard InChI is InChI=1S/C10H14BrN3O3/c1-2-12-4-3-5-13-6-8(11)10(15)9(7-13)14(16)17/h6-7,12H,2-5H2,1H3. The summed E-state index contributed by atoms with van der Waals surface area (Å²) in [6.45, 7) is 4.38. The summed E-state index contributed by atoms with van der Waals surface area (Å²) in [5.74, 6) is 0. The molecule has 0 amide bonds. The van der Waals surface area contributed by atoms with Crippen molar-refractivity contribution in [1.82, 2.24) is 9.88 Å². The van der Waals surface area contributed by atoms with E-state index in [9.17, 15) is 14.9 Å². The van der Waals surface area contributed by atoms with Crippen LogP contribution in [0.4, 0.5) is 5.69 Å². The molecule has 0 aromatic carbocycles. The first-order valence-corrected chi connectivity index (χ1v) is 6.10. The van der Waals surface area contributed by atoms with Gasteiger partial charge in [-0.2, -0.15) is 0 Å². The zero-order chi connectivity index (χ0) is 12.8. The highest BCUT2D eigenvalue weighted by molar-refractivity contribution is 9.10. The van der Waals surface area contributed by atoms with Crippen LogP contribution in [0.2, 0.25) is 0 Å². The number of aromatic nitrogens is 1. The van der Waals surface area contributed by atoms with Crippen LogP contribution in [0.3, 0.4) is 0 Å².